The molecular weight excluding hydrogens is 360 g/mol. The minimum atomic E-state index is -0.173. The maximum absolute atomic E-state index is 9.35. The molecule has 0 unspecified atom stereocenters. The van der Waals surface area contributed by atoms with Crippen LogP contribution in [0.5, 0.6) is 11.5 Å². The molecule has 6 nitrogen and oxygen atoms in total. The van der Waals surface area contributed by atoms with Crippen LogP contribution in [0.1, 0.15) is 18.5 Å². The van der Waals surface area contributed by atoms with Gasteiger partial charge in [-0.15, -0.1) is 5.10 Å². The molecule has 23 heavy (non-hydrogen) atoms. The maximum Gasteiger partial charge on any atom is 0.151 e. The van der Waals surface area contributed by atoms with E-state index in [2.05, 4.69) is 31.2 Å². The summed E-state index contributed by atoms with van der Waals surface area (Å²) in [5.74, 6) is 1.89. The van der Waals surface area contributed by atoms with E-state index in [0.717, 1.165) is 28.0 Å². The Morgan fingerprint density at radius 1 is 1.26 bits per heavy atom. The molecule has 0 bridgehead atoms. The number of halogens is 1. The van der Waals surface area contributed by atoms with E-state index in [9.17, 15) is 5.11 Å². The summed E-state index contributed by atoms with van der Waals surface area (Å²) in [7, 11) is 0. The van der Waals surface area contributed by atoms with Crippen LogP contribution >= 0.6 is 15.9 Å². The number of fused-ring (bicyclic) bond motifs is 1. The molecule has 1 aliphatic rings. The Hall–Kier alpha value is -1.99. The monoisotopic (exact) mass is 374 g/mol. The van der Waals surface area contributed by atoms with Crippen LogP contribution in [0, 0.1) is 5.92 Å². The average molecular weight is 375 g/mol. The number of pyridine rings is 1. The number of hydrogen-bond donors (Lipinski definition) is 1. The fourth-order valence-corrected chi connectivity index (χ4v) is 2.99. The van der Waals surface area contributed by atoms with Gasteiger partial charge < -0.3 is 9.84 Å². The quantitative estimate of drug-likeness (QED) is 0.741. The first kappa shape index (κ1) is 14.6. The molecule has 0 aliphatic heterocycles. The summed E-state index contributed by atoms with van der Waals surface area (Å²) in [6.07, 6.45) is 4.17. The number of aliphatic hydroxyl groups excluding tert-OH is 1. The molecule has 7 heteroatoms. The molecule has 1 saturated carbocycles. The molecule has 0 atom stereocenters. The second kappa shape index (κ2) is 5.90. The van der Waals surface area contributed by atoms with Gasteiger partial charge in [0, 0.05) is 12.7 Å². The Morgan fingerprint density at radius 2 is 2.13 bits per heavy atom. The van der Waals surface area contributed by atoms with Gasteiger partial charge in [0.2, 0.25) is 0 Å². The number of aromatic nitrogens is 4. The van der Waals surface area contributed by atoms with Crippen LogP contribution in [-0.4, -0.2) is 25.1 Å². The summed E-state index contributed by atoms with van der Waals surface area (Å²) in [4.78, 5) is 4.11. The van der Waals surface area contributed by atoms with Gasteiger partial charge in [-0.25, -0.2) is 4.68 Å². The van der Waals surface area contributed by atoms with Crippen molar-refractivity contribution in [1.82, 2.24) is 20.0 Å². The zero-order chi connectivity index (χ0) is 15.8. The summed E-state index contributed by atoms with van der Waals surface area (Å²) in [5, 5.41) is 17.9. The van der Waals surface area contributed by atoms with Crippen molar-refractivity contribution in [3.8, 4) is 11.5 Å². The van der Waals surface area contributed by atoms with Crippen molar-refractivity contribution in [3.05, 3.63) is 40.6 Å². The van der Waals surface area contributed by atoms with Gasteiger partial charge in [-0.05, 0) is 59.0 Å². The second-order valence-electron chi connectivity index (χ2n) is 5.67. The van der Waals surface area contributed by atoms with Crippen LogP contribution in [-0.2, 0) is 13.2 Å². The highest BCUT2D eigenvalue weighted by atomic mass is 79.9. The number of nitrogens with zero attached hydrogens (tertiary/aromatic N) is 4. The molecule has 0 amide bonds. The van der Waals surface area contributed by atoms with Crippen LogP contribution < -0.4 is 4.74 Å². The van der Waals surface area contributed by atoms with E-state index in [4.69, 9.17) is 4.74 Å². The highest BCUT2D eigenvalue weighted by Gasteiger charge is 2.24. The molecule has 1 aliphatic carbocycles. The van der Waals surface area contributed by atoms with E-state index in [1.165, 1.54) is 12.8 Å². The largest absolute Gasteiger partial charge is 0.454 e. The van der Waals surface area contributed by atoms with Gasteiger partial charge in [0.15, 0.2) is 5.75 Å². The van der Waals surface area contributed by atoms with Crippen molar-refractivity contribution in [2.45, 2.75) is 26.0 Å². The van der Waals surface area contributed by atoms with E-state index < -0.39 is 0 Å². The zero-order valence-corrected chi connectivity index (χ0v) is 13.9. The molecule has 1 N–H and O–H groups in total. The summed E-state index contributed by atoms with van der Waals surface area (Å²) in [5.41, 5.74) is 2.26. The fourth-order valence-electron chi connectivity index (χ4n) is 2.50. The third-order valence-electron chi connectivity index (χ3n) is 3.94. The molecule has 0 radical (unpaired) electrons. The second-order valence-corrected chi connectivity index (χ2v) is 6.46. The first-order valence-corrected chi connectivity index (χ1v) is 8.30. The lowest BCUT2D eigenvalue weighted by atomic mass is 10.2. The third kappa shape index (κ3) is 2.82. The third-order valence-corrected chi connectivity index (χ3v) is 4.70. The summed E-state index contributed by atoms with van der Waals surface area (Å²) >= 11 is 3.56. The van der Waals surface area contributed by atoms with Crippen molar-refractivity contribution < 1.29 is 9.84 Å². The lowest BCUT2D eigenvalue weighted by Crippen LogP contribution is -2.01. The Morgan fingerprint density at radius 3 is 2.91 bits per heavy atom. The van der Waals surface area contributed by atoms with Crippen LogP contribution in [0.3, 0.4) is 0 Å². The summed E-state index contributed by atoms with van der Waals surface area (Å²) < 4.78 is 8.60. The normalized spacial score (nSPS) is 14.3. The van der Waals surface area contributed by atoms with Gasteiger partial charge >= 0.3 is 0 Å². The smallest absolute Gasteiger partial charge is 0.151 e. The Bertz CT molecular complexity index is 860. The number of hydrogen-bond acceptors (Lipinski definition) is 5. The molecule has 2 aromatic heterocycles. The summed E-state index contributed by atoms with van der Waals surface area (Å²) in [6, 6.07) is 7.39. The van der Waals surface area contributed by atoms with E-state index >= 15 is 0 Å². The Balaban J connectivity index is 1.69. The van der Waals surface area contributed by atoms with Gasteiger partial charge in [0.05, 0.1) is 16.6 Å². The predicted molar refractivity (Wildman–Crippen MR) is 88.2 cm³/mol. The molecule has 0 spiro atoms. The Labute approximate surface area is 141 Å². The van der Waals surface area contributed by atoms with Crippen LogP contribution in [0.2, 0.25) is 0 Å². The molecule has 4 rings (SSSR count). The molecule has 1 aromatic carbocycles. The van der Waals surface area contributed by atoms with Gasteiger partial charge in [0.1, 0.15) is 17.0 Å². The minimum Gasteiger partial charge on any atom is -0.454 e. The van der Waals surface area contributed by atoms with Crippen molar-refractivity contribution in [2.75, 3.05) is 0 Å². The van der Waals surface area contributed by atoms with Crippen LogP contribution in [0.25, 0.3) is 11.0 Å². The first-order chi connectivity index (χ1) is 11.3. The van der Waals surface area contributed by atoms with Gasteiger partial charge in [-0.1, -0.05) is 5.21 Å². The van der Waals surface area contributed by atoms with Crippen molar-refractivity contribution in [1.29, 1.82) is 0 Å². The first-order valence-electron chi connectivity index (χ1n) is 7.50. The molecule has 118 valence electrons. The van der Waals surface area contributed by atoms with E-state index in [1.54, 1.807) is 18.3 Å². The Kier molecular flexibility index (Phi) is 3.74. The number of aliphatic hydroxyl groups is 1. The summed E-state index contributed by atoms with van der Waals surface area (Å²) in [6.45, 7) is 0.744. The van der Waals surface area contributed by atoms with Gasteiger partial charge in [0.25, 0.3) is 0 Å². The fraction of sp³-hybridized carbons (Fsp3) is 0.312. The SMILES string of the molecule is OCc1ncccc1Oc1ccc2c(nnn2CC2CC2)c1Br. The molecule has 2 heterocycles. The lowest BCUT2D eigenvalue weighted by molar-refractivity contribution is 0.271. The topological polar surface area (TPSA) is 73.1 Å². The van der Waals surface area contributed by atoms with E-state index in [1.807, 2.05) is 16.8 Å². The minimum absolute atomic E-state index is 0.173. The maximum atomic E-state index is 9.35. The van der Waals surface area contributed by atoms with Crippen molar-refractivity contribution in [2.24, 2.45) is 5.92 Å². The van der Waals surface area contributed by atoms with Gasteiger partial charge in [-0.3, -0.25) is 4.98 Å². The average Bonchev–Trinajstić information content (AvgIpc) is 3.29. The van der Waals surface area contributed by atoms with Gasteiger partial charge in [-0.2, -0.15) is 0 Å². The van der Waals surface area contributed by atoms with E-state index in [-0.39, 0.29) is 6.61 Å². The number of rotatable bonds is 5. The highest BCUT2D eigenvalue weighted by Crippen LogP contribution is 2.37. The van der Waals surface area contributed by atoms with Crippen molar-refractivity contribution >= 4 is 27.0 Å². The molecule has 1 fully saturated rings. The number of benzene rings is 1. The molecule has 3 aromatic rings. The molecular formula is C16H15BrN4O2. The zero-order valence-electron chi connectivity index (χ0n) is 12.3. The predicted octanol–water partition coefficient (Wildman–Crippen LogP) is 3.28. The number of ether oxygens (including phenoxy) is 1. The van der Waals surface area contributed by atoms with Crippen molar-refractivity contribution in [3.63, 3.8) is 0 Å². The van der Waals surface area contributed by atoms with E-state index in [0.29, 0.717) is 17.2 Å². The standard InChI is InChI=1S/C16H15BrN4O2/c17-15-14(23-13-2-1-7-18-11(13)9-22)6-5-12-16(15)19-20-21(12)8-10-3-4-10/h1-2,5-7,10,22H,3-4,8-9H2. The highest BCUT2D eigenvalue weighted by molar-refractivity contribution is 9.10. The van der Waals surface area contributed by atoms with Crippen LogP contribution in [0.15, 0.2) is 34.9 Å². The molecule has 0 saturated heterocycles. The van der Waals surface area contributed by atoms with Crippen LogP contribution in [0.4, 0.5) is 0 Å². The lowest BCUT2D eigenvalue weighted by Gasteiger charge is -2.10.